The van der Waals surface area contributed by atoms with E-state index in [4.69, 9.17) is 0 Å². The minimum atomic E-state index is -1.59. The maximum atomic E-state index is 13.7. The Balaban J connectivity index is 2.55. The van der Waals surface area contributed by atoms with Crippen molar-refractivity contribution >= 4 is 15.9 Å². The van der Waals surface area contributed by atoms with Gasteiger partial charge in [-0.2, -0.15) is 0 Å². The molecule has 0 aliphatic heterocycles. The van der Waals surface area contributed by atoms with Gasteiger partial charge in [-0.3, -0.25) is 0 Å². The Labute approximate surface area is 110 Å². The molecule has 5 heteroatoms. The van der Waals surface area contributed by atoms with Crippen LogP contribution < -0.4 is 0 Å². The van der Waals surface area contributed by atoms with Crippen LogP contribution in [0, 0.1) is 17.5 Å². The van der Waals surface area contributed by atoms with Crippen LogP contribution >= 0.6 is 15.9 Å². The molecule has 1 nitrogen and oxygen atoms in total. The van der Waals surface area contributed by atoms with Crippen molar-refractivity contribution in [1.29, 1.82) is 0 Å². The van der Waals surface area contributed by atoms with Gasteiger partial charge < -0.3 is 5.11 Å². The summed E-state index contributed by atoms with van der Waals surface area (Å²) in [6.07, 6.45) is -1.37. The Bertz CT molecular complexity index is 572. The quantitative estimate of drug-likeness (QED) is 0.657. The summed E-state index contributed by atoms with van der Waals surface area (Å²) in [4.78, 5) is 0. The Morgan fingerprint density at radius 2 is 1.61 bits per heavy atom. The maximum Gasteiger partial charge on any atom is 0.194 e. The molecule has 0 amide bonds. The van der Waals surface area contributed by atoms with Crippen LogP contribution in [0.2, 0.25) is 0 Å². The molecule has 1 unspecified atom stereocenters. The second-order valence-corrected chi connectivity index (χ2v) is 4.55. The van der Waals surface area contributed by atoms with Crippen molar-refractivity contribution in [3.05, 3.63) is 69.4 Å². The predicted molar refractivity (Wildman–Crippen MR) is 64.5 cm³/mol. The first-order chi connectivity index (χ1) is 8.52. The largest absolute Gasteiger partial charge is 0.384 e. The summed E-state index contributed by atoms with van der Waals surface area (Å²) >= 11 is 2.92. The second-order valence-electron chi connectivity index (χ2n) is 3.70. The average molecular weight is 317 g/mol. The van der Waals surface area contributed by atoms with Crippen LogP contribution in [0.5, 0.6) is 0 Å². The summed E-state index contributed by atoms with van der Waals surface area (Å²) in [5.41, 5.74) is 0.0724. The molecule has 0 aliphatic rings. The fourth-order valence-corrected chi connectivity index (χ4v) is 2.22. The summed E-state index contributed by atoms with van der Waals surface area (Å²) in [5, 5.41) is 10.0. The van der Waals surface area contributed by atoms with Gasteiger partial charge in [0.05, 0.1) is 0 Å². The van der Waals surface area contributed by atoms with Crippen molar-refractivity contribution in [2.24, 2.45) is 0 Å². The van der Waals surface area contributed by atoms with Gasteiger partial charge in [-0.15, -0.1) is 0 Å². The molecule has 0 fully saturated rings. The lowest BCUT2D eigenvalue weighted by molar-refractivity contribution is 0.211. The molecule has 94 valence electrons. The number of rotatable bonds is 2. The zero-order chi connectivity index (χ0) is 13.3. The number of hydrogen-bond acceptors (Lipinski definition) is 1. The zero-order valence-electron chi connectivity index (χ0n) is 9.00. The molecule has 2 aromatic rings. The smallest absolute Gasteiger partial charge is 0.194 e. The lowest BCUT2D eigenvalue weighted by atomic mass is 10.0. The fraction of sp³-hybridized carbons (Fsp3) is 0.0769. The SMILES string of the molecule is OC(c1ccccc1)c1c(Br)cc(F)c(F)c1F. The topological polar surface area (TPSA) is 20.2 Å². The molecule has 0 saturated carbocycles. The van der Waals surface area contributed by atoms with Crippen LogP contribution in [0.4, 0.5) is 13.2 Å². The lowest BCUT2D eigenvalue weighted by Gasteiger charge is -2.15. The molecule has 0 aliphatic carbocycles. The van der Waals surface area contributed by atoms with Crippen LogP contribution in [0.15, 0.2) is 40.9 Å². The monoisotopic (exact) mass is 316 g/mol. The van der Waals surface area contributed by atoms with Crippen LogP contribution in [0.1, 0.15) is 17.2 Å². The van der Waals surface area contributed by atoms with E-state index in [0.29, 0.717) is 5.56 Å². The van der Waals surface area contributed by atoms with Crippen molar-refractivity contribution in [2.75, 3.05) is 0 Å². The van der Waals surface area contributed by atoms with E-state index < -0.39 is 23.6 Å². The number of aliphatic hydroxyl groups excluding tert-OH is 1. The minimum Gasteiger partial charge on any atom is -0.384 e. The molecule has 0 bridgehead atoms. The Morgan fingerprint density at radius 1 is 1.00 bits per heavy atom. The number of benzene rings is 2. The molecule has 2 rings (SSSR count). The molecule has 0 heterocycles. The van der Waals surface area contributed by atoms with E-state index in [0.717, 1.165) is 6.07 Å². The molecule has 0 aromatic heterocycles. The number of aliphatic hydroxyl groups is 1. The van der Waals surface area contributed by atoms with Gasteiger partial charge in [-0.05, 0) is 11.6 Å². The third-order valence-electron chi connectivity index (χ3n) is 2.54. The first-order valence-corrected chi connectivity index (χ1v) is 5.87. The van der Waals surface area contributed by atoms with Crippen molar-refractivity contribution in [1.82, 2.24) is 0 Å². The van der Waals surface area contributed by atoms with Crippen LogP contribution in [0.3, 0.4) is 0 Å². The highest BCUT2D eigenvalue weighted by Crippen LogP contribution is 2.33. The average Bonchev–Trinajstić information content (AvgIpc) is 2.37. The summed E-state index contributed by atoms with van der Waals surface area (Å²) in [6, 6.07) is 8.97. The van der Waals surface area contributed by atoms with Gasteiger partial charge >= 0.3 is 0 Å². The molecule has 1 N–H and O–H groups in total. The van der Waals surface area contributed by atoms with Gasteiger partial charge in [-0.25, -0.2) is 13.2 Å². The molecule has 2 aromatic carbocycles. The lowest BCUT2D eigenvalue weighted by Crippen LogP contribution is -2.07. The van der Waals surface area contributed by atoms with E-state index in [9.17, 15) is 18.3 Å². The van der Waals surface area contributed by atoms with Gasteiger partial charge in [0, 0.05) is 10.0 Å². The molecular weight excluding hydrogens is 309 g/mol. The standard InChI is InChI=1S/C13H8BrF3O/c14-8-6-9(15)11(16)12(17)10(8)13(18)7-4-2-1-3-5-7/h1-6,13,18H. The number of halogens is 4. The van der Waals surface area contributed by atoms with Crippen molar-refractivity contribution in [3.8, 4) is 0 Å². The van der Waals surface area contributed by atoms with E-state index in [1.54, 1.807) is 30.3 Å². The van der Waals surface area contributed by atoms with Crippen LogP contribution in [0.25, 0.3) is 0 Å². The first-order valence-electron chi connectivity index (χ1n) is 5.08. The van der Waals surface area contributed by atoms with Crippen LogP contribution in [-0.2, 0) is 0 Å². The number of hydrogen-bond donors (Lipinski definition) is 1. The normalized spacial score (nSPS) is 12.5. The molecule has 0 saturated heterocycles. The second kappa shape index (κ2) is 5.12. The third-order valence-corrected chi connectivity index (χ3v) is 3.19. The summed E-state index contributed by atoms with van der Waals surface area (Å²) in [7, 11) is 0. The van der Waals surface area contributed by atoms with Crippen LogP contribution in [-0.4, -0.2) is 5.11 Å². The fourth-order valence-electron chi connectivity index (χ4n) is 1.63. The van der Waals surface area contributed by atoms with E-state index in [1.807, 2.05) is 0 Å². The highest BCUT2D eigenvalue weighted by atomic mass is 79.9. The molecular formula is C13H8BrF3O. The van der Waals surface area contributed by atoms with E-state index in [1.165, 1.54) is 0 Å². The third kappa shape index (κ3) is 2.28. The highest BCUT2D eigenvalue weighted by Gasteiger charge is 2.23. The Kier molecular flexibility index (Phi) is 3.73. The zero-order valence-corrected chi connectivity index (χ0v) is 10.6. The predicted octanol–water partition coefficient (Wildman–Crippen LogP) is 3.95. The molecule has 1 atom stereocenters. The van der Waals surface area contributed by atoms with Gasteiger partial charge in [0.15, 0.2) is 17.5 Å². The molecule has 18 heavy (non-hydrogen) atoms. The van der Waals surface area contributed by atoms with Gasteiger partial charge in [0.1, 0.15) is 6.10 Å². The first kappa shape index (κ1) is 13.1. The summed E-state index contributed by atoms with van der Waals surface area (Å²) < 4.78 is 39.8. The molecule has 0 spiro atoms. The van der Waals surface area contributed by atoms with E-state index in [-0.39, 0.29) is 10.0 Å². The molecule has 0 radical (unpaired) electrons. The maximum absolute atomic E-state index is 13.7. The van der Waals surface area contributed by atoms with Gasteiger partial charge in [-0.1, -0.05) is 46.3 Å². The van der Waals surface area contributed by atoms with E-state index in [2.05, 4.69) is 15.9 Å². The Hall–Kier alpha value is -1.33. The van der Waals surface area contributed by atoms with Crippen molar-refractivity contribution in [3.63, 3.8) is 0 Å². The summed E-state index contributed by atoms with van der Waals surface area (Å²) in [5.74, 6) is -4.29. The Morgan fingerprint density at radius 3 is 2.22 bits per heavy atom. The minimum absolute atomic E-state index is 0.0183. The van der Waals surface area contributed by atoms with Crippen molar-refractivity contribution in [2.45, 2.75) is 6.10 Å². The van der Waals surface area contributed by atoms with Gasteiger partial charge in [0.25, 0.3) is 0 Å². The van der Waals surface area contributed by atoms with Gasteiger partial charge in [0.2, 0.25) is 0 Å². The van der Waals surface area contributed by atoms with Crippen molar-refractivity contribution < 1.29 is 18.3 Å². The van der Waals surface area contributed by atoms with E-state index >= 15 is 0 Å². The summed E-state index contributed by atoms with van der Waals surface area (Å²) in [6.45, 7) is 0. The highest BCUT2D eigenvalue weighted by molar-refractivity contribution is 9.10.